The quantitative estimate of drug-likeness (QED) is 0.618. The summed E-state index contributed by atoms with van der Waals surface area (Å²) in [5.74, 6) is 0.657. The van der Waals surface area contributed by atoms with Crippen molar-refractivity contribution in [2.45, 2.75) is 20.3 Å². The number of nitrogens with zero attached hydrogens (tertiary/aromatic N) is 3. The van der Waals surface area contributed by atoms with Crippen molar-refractivity contribution in [3.63, 3.8) is 0 Å². The molecular formula is C17H22N4. The molecule has 0 saturated heterocycles. The van der Waals surface area contributed by atoms with E-state index < -0.39 is 0 Å². The third-order valence-electron chi connectivity index (χ3n) is 2.12. The number of hydrogen-bond acceptors (Lipinski definition) is 2. The van der Waals surface area contributed by atoms with Crippen LogP contribution in [0.25, 0.3) is 0 Å². The predicted molar refractivity (Wildman–Crippen MR) is 94.0 cm³/mol. The molecule has 0 fully saturated rings. The largest absolute Gasteiger partial charge is 0.286 e. The minimum atomic E-state index is 0.205. The van der Waals surface area contributed by atoms with Gasteiger partial charge in [-0.1, -0.05) is 62.9 Å². The normalized spacial score (nSPS) is 11.0. The van der Waals surface area contributed by atoms with Gasteiger partial charge in [-0.2, -0.15) is 0 Å². The van der Waals surface area contributed by atoms with E-state index in [-0.39, 0.29) is 5.84 Å². The van der Waals surface area contributed by atoms with Gasteiger partial charge in [0.15, 0.2) is 5.84 Å². The Kier molecular flexibility index (Phi) is 10.9. The van der Waals surface area contributed by atoms with E-state index in [2.05, 4.69) is 28.3 Å². The maximum Gasteiger partial charge on any atom is 0.160 e. The molecule has 0 aromatic heterocycles. The lowest BCUT2D eigenvalue weighted by Crippen LogP contribution is -2.01. The first-order valence-corrected chi connectivity index (χ1v) is 6.75. The molecule has 0 aliphatic carbocycles. The van der Waals surface area contributed by atoms with Gasteiger partial charge in [-0.25, -0.2) is 9.98 Å². The molecule has 0 aliphatic heterocycles. The van der Waals surface area contributed by atoms with Gasteiger partial charge < -0.3 is 0 Å². The highest BCUT2D eigenvalue weighted by atomic mass is 14.9. The van der Waals surface area contributed by atoms with Gasteiger partial charge in [-0.05, 0) is 6.72 Å². The van der Waals surface area contributed by atoms with E-state index in [1.165, 1.54) is 0 Å². The fourth-order valence-electron chi connectivity index (χ4n) is 1.29. The lowest BCUT2D eigenvalue weighted by Gasteiger charge is -2.00. The fourth-order valence-corrected chi connectivity index (χ4v) is 1.29. The van der Waals surface area contributed by atoms with Gasteiger partial charge in [0.2, 0.25) is 0 Å². The topological polar surface area (TPSA) is 60.9 Å². The van der Waals surface area contributed by atoms with Gasteiger partial charge in [-0.15, -0.1) is 0 Å². The standard InChI is InChI=1S/C15H16N4.C2H6/c1-3-11-18-12-7-10-14(16)19-15(17-2)13-8-5-4-6-9-13;1-2/h3-9,11-12,16H,1-2,10H2;1-2H3/b12-7-,16-14?,18-11?,19-15?;. The molecule has 21 heavy (non-hydrogen) atoms. The smallest absolute Gasteiger partial charge is 0.160 e. The van der Waals surface area contributed by atoms with E-state index >= 15 is 0 Å². The van der Waals surface area contributed by atoms with E-state index in [1.54, 1.807) is 24.6 Å². The van der Waals surface area contributed by atoms with Crippen LogP contribution < -0.4 is 0 Å². The van der Waals surface area contributed by atoms with Crippen LogP contribution in [0.4, 0.5) is 0 Å². The summed E-state index contributed by atoms with van der Waals surface area (Å²) in [6.45, 7) is 11.0. The van der Waals surface area contributed by atoms with Crippen LogP contribution in [-0.4, -0.2) is 24.6 Å². The SMILES string of the molecule is C=CC=N/C=C\CC(=N)N=C(N=C)c1ccccc1.CC. The molecule has 0 spiro atoms. The molecule has 4 heteroatoms. The number of allylic oxidation sites excluding steroid dienone is 1. The van der Waals surface area contributed by atoms with E-state index in [0.29, 0.717) is 12.3 Å². The van der Waals surface area contributed by atoms with Crippen LogP contribution >= 0.6 is 0 Å². The highest BCUT2D eigenvalue weighted by Crippen LogP contribution is 2.03. The minimum absolute atomic E-state index is 0.205. The maximum atomic E-state index is 7.75. The Morgan fingerprint density at radius 1 is 1.24 bits per heavy atom. The number of nitrogens with one attached hydrogen (secondary N) is 1. The van der Waals surface area contributed by atoms with E-state index in [1.807, 2.05) is 44.2 Å². The average molecular weight is 282 g/mol. The Morgan fingerprint density at radius 3 is 2.48 bits per heavy atom. The molecule has 0 heterocycles. The Hall–Kier alpha value is -2.62. The molecular weight excluding hydrogens is 260 g/mol. The summed E-state index contributed by atoms with van der Waals surface area (Å²) in [5.41, 5.74) is 0.843. The number of hydrogen-bond donors (Lipinski definition) is 1. The number of rotatable bonds is 5. The summed E-state index contributed by atoms with van der Waals surface area (Å²) >= 11 is 0. The van der Waals surface area contributed by atoms with Gasteiger partial charge >= 0.3 is 0 Å². The maximum absolute atomic E-state index is 7.75. The van der Waals surface area contributed by atoms with Gasteiger partial charge in [0.25, 0.3) is 0 Å². The first-order chi connectivity index (χ1) is 10.3. The monoisotopic (exact) mass is 282 g/mol. The lowest BCUT2D eigenvalue weighted by molar-refractivity contribution is 1.29. The summed E-state index contributed by atoms with van der Waals surface area (Å²) in [7, 11) is 0. The zero-order valence-electron chi connectivity index (χ0n) is 12.7. The second kappa shape index (κ2) is 12.4. The van der Waals surface area contributed by atoms with Crippen LogP contribution in [0.5, 0.6) is 0 Å². The molecule has 0 amide bonds. The van der Waals surface area contributed by atoms with E-state index in [4.69, 9.17) is 5.41 Å². The zero-order valence-corrected chi connectivity index (χ0v) is 12.7. The van der Waals surface area contributed by atoms with Crippen LogP contribution in [-0.2, 0) is 0 Å². The molecule has 0 atom stereocenters. The van der Waals surface area contributed by atoms with Crippen molar-refractivity contribution in [1.29, 1.82) is 5.41 Å². The summed E-state index contributed by atoms with van der Waals surface area (Å²) in [5, 5.41) is 7.75. The predicted octanol–water partition coefficient (Wildman–Crippen LogP) is 4.30. The Bertz CT molecular complexity index is 525. The third-order valence-corrected chi connectivity index (χ3v) is 2.12. The molecule has 1 aromatic rings. The summed E-state index contributed by atoms with van der Waals surface area (Å²) in [6, 6.07) is 9.46. The summed E-state index contributed by atoms with van der Waals surface area (Å²) < 4.78 is 0. The number of benzene rings is 1. The molecule has 4 nitrogen and oxygen atoms in total. The van der Waals surface area contributed by atoms with Crippen LogP contribution in [0, 0.1) is 5.41 Å². The van der Waals surface area contributed by atoms with Crippen LogP contribution in [0.1, 0.15) is 25.8 Å². The van der Waals surface area contributed by atoms with Gasteiger partial charge in [0.05, 0.1) is 0 Å². The van der Waals surface area contributed by atoms with Crippen molar-refractivity contribution in [3.8, 4) is 0 Å². The molecule has 0 unspecified atom stereocenters. The molecule has 1 aromatic carbocycles. The molecule has 0 saturated carbocycles. The molecule has 0 bridgehead atoms. The Morgan fingerprint density at radius 2 is 1.90 bits per heavy atom. The third kappa shape index (κ3) is 8.21. The fraction of sp³-hybridized carbons (Fsp3) is 0.176. The van der Waals surface area contributed by atoms with Crippen molar-refractivity contribution in [2.24, 2.45) is 15.0 Å². The van der Waals surface area contributed by atoms with Gasteiger partial charge in [0.1, 0.15) is 5.84 Å². The first-order valence-electron chi connectivity index (χ1n) is 6.75. The molecule has 1 N–H and O–H groups in total. The van der Waals surface area contributed by atoms with Gasteiger partial charge in [-0.3, -0.25) is 10.4 Å². The van der Waals surface area contributed by atoms with E-state index in [9.17, 15) is 0 Å². The Labute approximate surface area is 126 Å². The molecule has 1 rings (SSSR count). The molecule has 110 valence electrons. The molecule has 0 radical (unpaired) electrons. The minimum Gasteiger partial charge on any atom is -0.286 e. The summed E-state index contributed by atoms with van der Waals surface area (Å²) in [4.78, 5) is 11.9. The summed E-state index contributed by atoms with van der Waals surface area (Å²) in [6.07, 6.45) is 6.90. The van der Waals surface area contributed by atoms with E-state index in [0.717, 1.165) is 5.56 Å². The first kappa shape index (κ1) is 18.4. The van der Waals surface area contributed by atoms with Crippen molar-refractivity contribution in [3.05, 3.63) is 60.8 Å². The highest BCUT2D eigenvalue weighted by Gasteiger charge is 2.00. The van der Waals surface area contributed by atoms with Crippen molar-refractivity contribution in [2.75, 3.05) is 0 Å². The van der Waals surface area contributed by atoms with Crippen LogP contribution in [0.2, 0.25) is 0 Å². The second-order valence-electron chi connectivity index (χ2n) is 3.53. The lowest BCUT2D eigenvalue weighted by atomic mass is 10.2. The second-order valence-corrected chi connectivity index (χ2v) is 3.53. The van der Waals surface area contributed by atoms with Gasteiger partial charge in [0, 0.05) is 24.4 Å². The highest BCUT2D eigenvalue weighted by molar-refractivity contribution is 6.07. The molecule has 0 aliphatic rings. The van der Waals surface area contributed by atoms with Crippen molar-refractivity contribution >= 4 is 24.6 Å². The number of aliphatic imine (C=N–C) groups is 3. The van der Waals surface area contributed by atoms with Crippen LogP contribution in [0.15, 0.2) is 70.2 Å². The van der Waals surface area contributed by atoms with Crippen molar-refractivity contribution in [1.82, 2.24) is 0 Å². The van der Waals surface area contributed by atoms with Crippen molar-refractivity contribution < 1.29 is 0 Å². The number of amidine groups is 2. The Balaban J connectivity index is 0.00000191. The zero-order chi connectivity index (χ0) is 15.9. The average Bonchev–Trinajstić information content (AvgIpc) is 2.55. The van der Waals surface area contributed by atoms with Crippen LogP contribution in [0.3, 0.4) is 0 Å².